The topological polar surface area (TPSA) is 56.5 Å². The molecule has 0 amide bonds. The van der Waals surface area contributed by atoms with E-state index in [1.807, 2.05) is 38.1 Å². The van der Waals surface area contributed by atoms with Gasteiger partial charge in [-0.05, 0) is 25.3 Å². The number of hydrogen-bond donors (Lipinski definition) is 2. The van der Waals surface area contributed by atoms with Crippen LogP contribution in [0.5, 0.6) is 5.75 Å². The van der Waals surface area contributed by atoms with E-state index < -0.39 is 0 Å². The van der Waals surface area contributed by atoms with Crippen molar-refractivity contribution >= 4 is 0 Å². The van der Waals surface area contributed by atoms with Crippen molar-refractivity contribution in [3.05, 3.63) is 29.8 Å². The molecule has 1 aromatic rings. The first kappa shape index (κ1) is 17.0. The van der Waals surface area contributed by atoms with E-state index in [0.29, 0.717) is 13.2 Å². The normalized spacial score (nSPS) is 14.9. The molecule has 20 heavy (non-hydrogen) atoms. The molecule has 1 rings (SSSR count). The zero-order valence-electron chi connectivity index (χ0n) is 13.3. The van der Waals surface area contributed by atoms with Crippen LogP contribution in [0.3, 0.4) is 0 Å². The summed E-state index contributed by atoms with van der Waals surface area (Å²) in [6.45, 7) is 11.7. The van der Waals surface area contributed by atoms with Gasteiger partial charge in [0, 0.05) is 12.2 Å². The molecule has 2 unspecified atom stereocenters. The fraction of sp³-hybridized carbons (Fsp3) is 0.625. The van der Waals surface area contributed by atoms with Crippen LogP contribution in [0.25, 0.3) is 0 Å². The quantitative estimate of drug-likeness (QED) is 0.595. The molecule has 0 radical (unpaired) electrons. The van der Waals surface area contributed by atoms with Crippen molar-refractivity contribution in [1.82, 2.24) is 5.43 Å². The van der Waals surface area contributed by atoms with Crippen LogP contribution < -0.4 is 16.0 Å². The summed E-state index contributed by atoms with van der Waals surface area (Å²) in [7, 11) is 0. The number of ether oxygens (including phenoxy) is 2. The Labute approximate surface area is 122 Å². The predicted molar refractivity (Wildman–Crippen MR) is 82.5 cm³/mol. The minimum Gasteiger partial charge on any atom is -0.494 e. The van der Waals surface area contributed by atoms with Gasteiger partial charge in [-0.1, -0.05) is 39.0 Å². The van der Waals surface area contributed by atoms with Crippen LogP contribution >= 0.6 is 0 Å². The fourth-order valence-electron chi connectivity index (χ4n) is 2.39. The van der Waals surface area contributed by atoms with Crippen molar-refractivity contribution in [2.45, 2.75) is 46.8 Å². The third-order valence-corrected chi connectivity index (χ3v) is 3.24. The summed E-state index contributed by atoms with van der Waals surface area (Å²) in [4.78, 5) is 0. The van der Waals surface area contributed by atoms with Crippen LogP contribution in [0, 0.1) is 5.41 Å². The maximum atomic E-state index is 5.95. The lowest BCUT2D eigenvalue weighted by molar-refractivity contribution is -0.0371. The van der Waals surface area contributed by atoms with Crippen molar-refractivity contribution in [2.75, 3.05) is 13.2 Å². The van der Waals surface area contributed by atoms with Gasteiger partial charge in [0.15, 0.2) is 0 Å². The van der Waals surface area contributed by atoms with Crippen LogP contribution in [0.2, 0.25) is 0 Å². The molecular formula is C16H28N2O2. The summed E-state index contributed by atoms with van der Waals surface area (Å²) in [5.74, 6) is 6.67. The number of rotatable bonds is 7. The molecular weight excluding hydrogens is 252 g/mol. The van der Waals surface area contributed by atoms with E-state index in [1.165, 1.54) is 0 Å². The Bertz CT molecular complexity index is 402. The number of para-hydroxylation sites is 1. The number of benzene rings is 1. The van der Waals surface area contributed by atoms with Crippen LogP contribution in [0.15, 0.2) is 24.3 Å². The number of hydrazine groups is 1. The van der Waals surface area contributed by atoms with Crippen molar-refractivity contribution in [3.63, 3.8) is 0 Å². The summed E-state index contributed by atoms with van der Waals surface area (Å²) in [6, 6.07) is 7.85. The zero-order chi connectivity index (χ0) is 15.2. The van der Waals surface area contributed by atoms with Crippen LogP contribution in [0.1, 0.15) is 46.2 Å². The fourth-order valence-corrected chi connectivity index (χ4v) is 2.39. The molecule has 2 atom stereocenters. The Hall–Kier alpha value is -1.10. The van der Waals surface area contributed by atoms with E-state index in [1.54, 1.807) is 0 Å². The van der Waals surface area contributed by atoms with E-state index in [2.05, 4.69) is 26.2 Å². The van der Waals surface area contributed by atoms with Crippen LogP contribution in [-0.4, -0.2) is 19.3 Å². The molecule has 0 saturated carbocycles. The molecule has 0 aliphatic heterocycles. The Morgan fingerprint density at radius 1 is 1.15 bits per heavy atom. The third kappa shape index (κ3) is 4.20. The highest BCUT2D eigenvalue weighted by molar-refractivity contribution is 5.36. The van der Waals surface area contributed by atoms with Gasteiger partial charge in [0.25, 0.3) is 0 Å². The van der Waals surface area contributed by atoms with Gasteiger partial charge < -0.3 is 9.47 Å². The maximum absolute atomic E-state index is 5.95. The van der Waals surface area contributed by atoms with Gasteiger partial charge in [0.2, 0.25) is 0 Å². The van der Waals surface area contributed by atoms with Crippen molar-refractivity contribution in [2.24, 2.45) is 11.3 Å². The summed E-state index contributed by atoms with van der Waals surface area (Å²) in [5, 5.41) is 0. The van der Waals surface area contributed by atoms with Crippen molar-refractivity contribution in [3.8, 4) is 5.75 Å². The first-order valence-electron chi connectivity index (χ1n) is 7.25. The SMILES string of the molecule is CCOc1ccccc1C(NN)C(OCC)C(C)(C)C. The lowest BCUT2D eigenvalue weighted by Crippen LogP contribution is -2.44. The van der Waals surface area contributed by atoms with Gasteiger partial charge in [0.1, 0.15) is 5.75 Å². The van der Waals surface area contributed by atoms with E-state index in [4.69, 9.17) is 15.3 Å². The van der Waals surface area contributed by atoms with Gasteiger partial charge >= 0.3 is 0 Å². The van der Waals surface area contributed by atoms with Crippen molar-refractivity contribution in [1.29, 1.82) is 0 Å². The average molecular weight is 280 g/mol. The molecule has 3 N–H and O–H groups in total. The Kier molecular flexibility index (Phi) is 6.46. The molecule has 0 bridgehead atoms. The molecule has 4 nitrogen and oxygen atoms in total. The van der Waals surface area contributed by atoms with E-state index in [9.17, 15) is 0 Å². The molecule has 0 spiro atoms. The molecule has 0 aromatic heterocycles. The van der Waals surface area contributed by atoms with E-state index >= 15 is 0 Å². The standard InChI is InChI=1S/C16H28N2O2/c1-6-19-13-11-9-8-10-12(13)14(18-17)15(20-7-2)16(3,4)5/h8-11,14-15,18H,6-7,17H2,1-5H3. The lowest BCUT2D eigenvalue weighted by atomic mass is 9.82. The van der Waals surface area contributed by atoms with Crippen LogP contribution in [0.4, 0.5) is 0 Å². The largest absolute Gasteiger partial charge is 0.494 e. The first-order chi connectivity index (χ1) is 9.45. The molecule has 0 heterocycles. The second-order valence-corrected chi connectivity index (χ2v) is 5.86. The monoisotopic (exact) mass is 280 g/mol. The second kappa shape index (κ2) is 7.62. The van der Waals surface area contributed by atoms with Gasteiger partial charge in [-0.2, -0.15) is 0 Å². The number of hydrogen-bond acceptors (Lipinski definition) is 4. The average Bonchev–Trinajstić information content (AvgIpc) is 2.39. The smallest absolute Gasteiger partial charge is 0.124 e. The molecule has 0 saturated heterocycles. The highest BCUT2D eigenvalue weighted by Gasteiger charge is 2.34. The van der Waals surface area contributed by atoms with Crippen molar-refractivity contribution < 1.29 is 9.47 Å². The van der Waals surface area contributed by atoms with Gasteiger partial charge in [0.05, 0.1) is 18.8 Å². The van der Waals surface area contributed by atoms with E-state index in [-0.39, 0.29) is 17.6 Å². The van der Waals surface area contributed by atoms with Gasteiger partial charge in [-0.3, -0.25) is 11.3 Å². The molecule has 0 fully saturated rings. The molecule has 4 heteroatoms. The predicted octanol–water partition coefficient (Wildman–Crippen LogP) is 3.04. The minimum absolute atomic E-state index is 0.0353. The summed E-state index contributed by atoms with van der Waals surface area (Å²) < 4.78 is 11.7. The van der Waals surface area contributed by atoms with Gasteiger partial charge in [-0.25, -0.2) is 0 Å². The molecule has 0 aliphatic rings. The zero-order valence-corrected chi connectivity index (χ0v) is 13.3. The van der Waals surface area contributed by atoms with Crippen LogP contribution in [-0.2, 0) is 4.74 Å². The van der Waals surface area contributed by atoms with Gasteiger partial charge in [-0.15, -0.1) is 0 Å². The summed E-state index contributed by atoms with van der Waals surface area (Å²) in [6.07, 6.45) is -0.0425. The first-order valence-corrected chi connectivity index (χ1v) is 7.25. The highest BCUT2D eigenvalue weighted by atomic mass is 16.5. The Balaban J connectivity index is 3.16. The molecule has 114 valence electrons. The summed E-state index contributed by atoms with van der Waals surface area (Å²) >= 11 is 0. The Morgan fingerprint density at radius 3 is 2.30 bits per heavy atom. The maximum Gasteiger partial charge on any atom is 0.124 e. The number of nitrogens with one attached hydrogen (secondary N) is 1. The minimum atomic E-state index is -0.113. The molecule has 1 aromatic carbocycles. The second-order valence-electron chi connectivity index (χ2n) is 5.86. The molecule has 0 aliphatic carbocycles. The summed E-state index contributed by atoms with van der Waals surface area (Å²) in [5.41, 5.74) is 3.90. The van der Waals surface area contributed by atoms with E-state index in [0.717, 1.165) is 11.3 Å². The lowest BCUT2D eigenvalue weighted by Gasteiger charge is -2.37. The Morgan fingerprint density at radius 2 is 1.80 bits per heavy atom. The number of nitrogens with two attached hydrogens (primary N) is 1. The highest BCUT2D eigenvalue weighted by Crippen LogP contribution is 2.36. The third-order valence-electron chi connectivity index (χ3n) is 3.24.